The van der Waals surface area contributed by atoms with Gasteiger partial charge in [-0.25, -0.2) is 4.39 Å². The number of fused-ring (bicyclic) bond motifs is 1. The Kier molecular flexibility index (Phi) is 4.62. The van der Waals surface area contributed by atoms with Gasteiger partial charge in [0.15, 0.2) is 16.6 Å². The molecule has 0 aromatic heterocycles. The maximum Gasteiger partial charge on any atom is 0.171 e. The van der Waals surface area contributed by atoms with Gasteiger partial charge in [-0.1, -0.05) is 6.07 Å². The molecule has 0 spiro atoms. The predicted molar refractivity (Wildman–Crippen MR) is 91.6 cm³/mol. The van der Waals surface area contributed by atoms with Crippen LogP contribution >= 0.6 is 12.2 Å². The fraction of sp³-hybridized carbons (Fsp3) is 0.235. The first-order valence-electron chi connectivity index (χ1n) is 7.34. The van der Waals surface area contributed by atoms with Gasteiger partial charge >= 0.3 is 0 Å². The average molecular weight is 332 g/mol. The molecule has 0 aliphatic carbocycles. The summed E-state index contributed by atoms with van der Waals surface area (Å²) in [5, 5.41) is 6.70. The molecular formula is C17H17FN2O2S. The van der Waals surface area contributed by atoms with Gasteiger partial charge in [0.2, 0.25) is 0 Å². The number of hydrogen-bond acceptors (Lipinski definition) is 3. The molecule has 0 saturated carbocycles. The van der Waals surface area contributed by atoms with E-state index in [9.17, 15) is 4.39 Å². The van der Waals surface area contributed by atoms with E-state index in [-0.39, 0.29) is 11.9 Å². The number of halogens is 1. The molecule has 0 saturated heterocycles. The molecule has 0 amide bonds. The summed E-state index contributed by atoms with van der Waals surface area (Å²) in [6.07, 6.45) is 0. The molecule has 2 N–H and O–H groups in total. The Morgan fingerprint density at radius 1 is 1.09 bits per heavy atom. The second-order valence-electron chi connectivity index (χ2n) is 5.23. The first-order valence-corrected chi connectivity index (χ1v) is 7.75. The van der Waals surface area contributed by atoms with Crippen molar-refractivity contribution in [3.05, 3.63) is 53.8 Å². The summed E-state index contributed by atoms with van der Waals surface area (Å²) >= 11 is 5.29. The van der Waals surface area contributed by atoms with Crippen LogP contribution in [-0.4, -0.2) is 18.3 Å². The Morgan fingerprint density at radius 2 is 1.78 bits per heavy atom. The number of benzene rings is 2. The molecule has 0 unspecified atom stereocenters. The topological polar surface area (TPSA) is 42.5 Å². The quantitative estimate of drug-likeness (QED) is 0.840. The average Bonchev–Trinajstić information content (AvgIpc) is 2.56. The summed E-state index contributed by atoms with van der Waals surface area (Å²) < 4.78 is 24.0. The standard InChI is InChI=1S/C17H17FN2O2S/c1-11(12-2-7-15-16(10-12)22-9-8-21-15)19-17(23)20-14-5-3-13(18)4-6-14/h2-7,10-11H,8-9H2,1H3,(H2,19,20,23)/t11-/m0/s1. The zero-order valence-corrected chi connectivity index (χ0v) is 13.5. The lowest BCUT2D eigenvalue weighted by Crippen LogP contribution is -2.31. The van der Waals surface area contributed by atoms with Crippen molar-refractivity contribution in [2.24, 2.45) is 0 Å². The van der Waals surface area contributed by atoms with E-state index < -0.39 is 0 Å². The second-order valence-corrected chi connectivity index (χ2v) is 5.64. The molecule has 2 aromatic carbocycles. The van der Waals surface area contributed by atoms with Crippen LogP contribution in [0.1, 0.15) is 18.5 Å². The fourth-order valence-electron chi connectivity index (χ4n) is 2.31. The Bertz CT molecular complexity index is 706. The lowest BCUT2D eigenvalue weighted by Gasteiger charge is -2.22. The van der Waals surface area contributed by atoms with Gasteiger partial charge < -0.3 is 20.1 Å². The van der Waals surface area contributed by atoms with Gasteiger partial charge in [0, 0.05) is 5.69 Å². The van der Waals surface area contributed by atoms with Gasteiger partial charge in [0.25, 0.3) is 0 Å². The molecule has 1 aliphatic heterocycles. The van der Waals surface area contributed by atoms with Crippen molar-refractivity contribution < 1.29 is 13.9 Å². The molecular weight excluding hydrogens is 315 g/mol. The smallest absolute Gasteiger partial charge is 0.171 e. The number of nitrogens with one attached hydrogen (secondary N) is 2. The van der Waals surface area contributed by atoms with Crippen LogP contribution < -0.4 is 20.1 Å². The van der Waals surface area contributed by atoms with Gasteiger partial charge in [-0.3, -0.25) is 0 Å². The SMILES string of the molecule is C[C@H](NC(=S)Nc1ccc(F)cc1)c1ccc2c(c1)OCCO2. The van der Waals surface area contributed by atoms with E-state index >= 15 is 0 Å². The Labute approximate surface area is 139 Å². The van der Waals surface area contributed by atoms with Gasteiger partial charge in [0.1, 0.15) is 19.0 Å². The third kappa shape index (κ3) is 3.90. The minimum absolute atomic E-state index is 0.00808. The van der Waals surface area contributed by atoms with Crippen molar-refractivity contribution in [1.82, 2.24) is 5.32 Å². The first kappa shape index (κ1) is 15.6. The number of ether oxygens (including phenoxy) is 2. The van der Waals surface area contributed by atoms with Crippen LogP contribution in [-0.2, 0) is 0 Å². The lowest BCUT2D eigenvalue weighted by atomic mass is 10.1. The molecule has 1 aliphatic rings. The van der Waals surface area contributed by atoms with Crippen molar-refractivity contribution in [2.45, 2.75) is 13.0 Å². The van der Waals surface area contributed by atoms with Crippen LogP contribution in [0, 0.1) is 5.82 Å². The van der Waals surface area contributed by atoms with Crippen LogP contribution in [0.4, 0.5) is 10.1 Å². The molecule has 3 rings (SSSR count). The number of thiocarbonyl (C=S) groups is 1. The van der Waals surface area contributed by atoms with E-state index in [4.69, 9.17) is 21.7 Å². The molecule has 120 valence electrons. The fourth-order valence-corrected chi connectivity index (χ4v) is 2.60. The molecule has 4 nitrogen and oxygen atoms in total. The first-order chi connectivity index (χ1) is 11.1. The molecule has 0 fully saturated rings. The summed E-state index contributed by atoms with van der Waals surface area (Å²) in [5.41, 5.74) is 1.77. The molecule has 0 radical (unpaired) electrons. The summed E-state index contributed by atoms with van der Waals surface area (Å²) in [5.74, 6) is 1.23. The number of rotatable bonds is 3. The van der Waals surface area contributed by atoms with Crippen LogP contribution in [0.3, 0.4) is 0 Å². The van der Waals surface area contributed by atoms with Crippen molar-refractivity contribution in [3.63, 3.8) is 0 Å². The van der Waals surface area contributed by atoms with Crippen LogP contribution in [0.15, 0.2) is 42.5 Å². The van der Waals surface area contributed by atoms with Gasteiger partial charge in [-0.2, -0.15) is 0 Å². The Balaban J connectivity index is 1.63. The van der Waals surface area contributed by atoms with Crippen LogP contribution in [0.2, 0.25) is 0 Å². The maximum absolute atomic E-state index is 12.9. The van der Waals surface area contributed by atoms with E-state index in [1.54, 1.807) is 12.1 Å². The molecule has 2 aromatic rings. The zero-order chi connectivity index (χ0) is 16.2. The van der Waals surface area contributed by atoms with Crippen LogP contribution in [0.5, 0.6) is 11.5 Å². The Hall–Kier alpha value is -2.34. The van der Waals surface area contributed by atoms with E-state index in [0.717, 1.165) is 22.7 Å². The molecule has 6 heteroatoms. The minimum atomic E-state index is -0.279. The highest BCUT2D eigenvalue weighted by molar-refractivity contribution is 7.80. The summed E-state index contributed by atoms with van der Waals surface area (Å²) in [4.78, 5) is 0. The normalized spacial score (nSPS) is 14.0. The highest BCUT2D eigenvalue weighted by Crippen LogP contribution is 2.32. The minimum Gasteiger partial charge on any atom is -0.486 e. The largest absolute Gasteiger partial charge is 0.486 e. The number of hydrogen-bond donors (Lipinski definition) is 2. The summed E-state index contributed by atoms with van der Waals surface area (Å²) in [7, 11) is 0. The monoisotopic (exact) mass is 332 g/mol. The molecule has 0 bridgehead atoms. The van der Waals surface area contributed by atoms with Gasteiger partial charge in [0.05, 0.1) is 6.04 Å². The molecule has 23 heavy (non-hydrogen) atoms. The molecule has 1 atom stereocenters. The predicted octanol–water partition coefficient (Wildman–Crippen LogP) is 3.64. The van der Waals surface area contributed by atoms with E-state index in [1.165, 1.54) is 12.1 Å². The second kappa shape index (κ2) is 6.83. The van der Waals surface area contributed by atoms with E-state index in [1.807, 2.05) is 25.1 Å². The summed E-state index contributed by atoms with van der Waals surface area (Å²) in [6.45, 7) is 3.14. The summed E-state index contributed by atoms with van der Waals surface area (Å²) in [6, 6.07) is 11.9. The molecule has 1 heterocycles. The van der Waals surface area contributed by atoms with E-state index in [0.29, 0.717) is 18.3 Å². The van der Waals surface area contributed by atoms with Crippen molar-refractivity contribution in [2.75, 3.05) is 18.5 Å². The zero-order valence-electron chi connectivity index (χ0n) is 12.6. The Morgan fingerprint density at radius 3 is 2.52 bits per heavy atom. The van der Waals surface area contributed by atoms with Crippen molar-refractivity contribution in [3.8, 4) is 11.5 Å². The highest BCUT2D eigenvalue weighted by Gasteiger charge is 2.15. The van der Waals surface area contributed by atoms with Crippen molar-refractivity contribution >= 4 is 23.0 Å². The third-order valence-electron chi connectivity index (χ3n) is 3.52. The van der Waals surface area contributed by atoms with Crippen LogP contribution in [0.25, 0.3) is 0 Å². The van der Waals surface area contributed by atoms with E-state index in [2.05, 4.69) is 10.6 Å². The van der Waals surface area contributed by atoms with Crippen molar-refractivity contribution in [1.29, 1.82) is 0 Å². The third-order valence-corrected chi connectivity index (χ3v) is 3.74. The van der Waals surface area contributed by atoms with Gasteiger partial charge in [-0.05, 0) is 61.1 Å². The lowest BCUT2D eigenvalue weighted by molar-refractivity contribution is 0.171. The number of anilines is 1. The maximum atomic E-state index is 12.9. The highest BCUT2D eigenvalue weighted by atomic mass is 32.1. The van der Waals surface area contributed by atoms with Gasteiger partial charge in [-0.15, -0.1) is 0 Å².